The molecule has 0 bridgehead atoms. The van der Waals surface area contributed by atoms with Crippen molar-refractivity contribution >= 4 is 54.5 Å². The average Bonchev–Trinajstić information content (AvgIpc) is 3.15. The van der Waals surface area contributed by atoms with Gasteiger partial charge in [-0.3, -0.25) is 9.98 Å². The molecule has 0 aliphatic carbocycles. The minimum Gasteiger partial charge on any atom is -0.388 e. The monoisotopic (exact) mass is 603 g/mol. The predicted octanol–water partition coefficient (Wildman–Crippen LogP) is 10.6. The minimum absolute atomic E-state index is 0.547. The molecule has 224 valence electrons. The van der Waals surface area contributed by atoms with Gasteiger partial charge >= 0.3 is 0 Å². The van der Waals surface area contributed by atoms with Crippen molar-refractivity contribution in [2.24, 2.45) is 4.99 Å². The quantitative estimate of drug-likeness (QED) is 0.145. The van der Waals surface area contributed by atoms with Crippen molar-refractivity contribution in [2.45, 2.75) is 6.54 Å². The van der Waals surface area contributed by atoms with Crippen LogP contribution in [0.1, 0.15) is 16.7 Å². The van der Waals surface area contributed by atoms with E-state index in [0.717, 1.165) is 39.4 Å². The first-order valence-electron chi connectivity index (χ1n) is 16.0. The van der Waals surface area contributed by atoms with Gasteiger partial charge < -0.3 is 5.32 Å². The Kier molecular flexibility index (Phi) is 7.49. The Balaban J connectivity index is 1.31. The molecule has 1 N–H and O–H groups in total. The molecule has 1 aromatic heterocycles. The molecule has 3 heteroatoms. The molecular formula is C44H33N3. The third-order valence-electron chi connectivity index (χ3n) is 9.00. The van der Waals surface area contributed by atoms with Crippen LogP contribution in [-0.2, 0) is 6.54 Å². The highest BCUT2D eigenvalue weighted by molar-refractivity contribution is 6.24. The smallest absolute Gasteiger partial charge is 0.0701 e. The van der Waals surface area contributed by atoms with E-state index < -0.39 is 0 Å². The van der Waals surface area contributed by atoms with E-state index in [1.807, 2.05) is 31.4 Å². The minimum atomic E-state index is 0.547. The van der Waals surface area contributed by atoms with Gasteiger partial charge in [-0.1, -0.05) is 127 Å². The van der Waals surface area contributed by atoms with E-state index in [2.05, 4.69) is 150 Å². The van der Waals surface area contributed by atoms with Crippen LogP contribution in [0.3, 0.4) is 0 Å². The number of fused-ring (bicyclic) bond motifs is 6. The Morgan fingerprint density at radius 2 is 1.11 bits per heavy atom. The van der Waals surface area contributed by atoms with E-state index in [1.165, 1.54) is 43.1 Å². The summed E-state index contributed by atoms with van der Waals surface area (Å²) in [6.07, 6.45) is 4.06. The highest BCUT2D eigenvalue weighted by Gasteiger charge is 2.15. The second kappa shape index (κ2) is 12.4. The molecule has 3 nitrogen and oxygen atoms in total. The van der Waals surface area contributed by atoms with Gasteiger partial charge in [-0.25, -0.2) is 0 Å². The lowest BCUT2D eigenvalue weighted by Crippen LogP contribution is -2.10. The molecule has 0 atom stereocenters. The van der Waals surface area contributed by atoms with Crippen LogP contribution in [0.2, 0.25) is 0 Å². The molecule has 0 fully saturated rings. The van der Waals surface area contributed by atoms with Gasteiger partial charge in [0.1, 0.15) is 0 Å². The fraction of sp³-hybridized carbons (Fsp3) is 0.0455. The van der Waals surface area contributed by atoms with Gasteiger partial charge in [0.15, 0.2) is 0 Å². The number of rotatable bonds is 7. The molecule has 0 amide bonds. The normalized spacial score (nSPS) is 12.3. The first-order valence-corrected chi connectivity index (χ1v) is 16.0. The Morgan fingerprint density at radius 1 is 0.574 bits per heavy atom. The number of hydrogen-bond acceptors (Lipinski definition) is 3. The zero-order valence-electron chi connectivity index (χ0n) is 26.2. The topological polar surface area (TPSA) is 37.3 Å². The Hall–Kier alpha value is -6.06. The van der Waals surface area contributed by atoms with Crippen molar-refractivity contribution in [3.05, 3.63) is 181 Å². The molecule has 0 unspecified atom stereocenters. The van der Waals surface area contributed by atoms with Gasteiger partial charge in [-0.05, 0) is 79.0 Å². The lowest BCUT2D eigenvalue weighted by Gasteiger charge is -2.16. The van der Waals surface area contributed by atoms with Crippen molar-refractivity contribution in [1.29, 1.82) is 0 Å². The number of aliphatic imine (C=N–C) groups is 1. The van der Waals surface area contributed by atoms with E-state index in [4.69, 9.17) is 4.99 Å². The zero-order chi connectivity index (χ0) is 31.6. The molecule has 0 radical (unpaired) electrons. The summed E-state index contributed by atoms with van der Waals surface area (Å²) in [5.41, 5.74) is 7.43. The fourth-order valence-corrected chi connectivity index (χ4v) is 6.66. The molecule has 0 aliphatic heterocycles. The Bertz CT molecular complexity index is 2460. The lowest BCUT2D eigenvalue weighted by atomic mass is 9.92. The molecule has 7 aromatic carbocycles. The van der Waals surface area contributed by atoms with E-state index in [0.29, 0.717) is 6.54 Å². The van der Waals surface area contributed by atoms with Crippen molar-refractivity contribution in [1.82, 2.24) is 10.3 Å². The summed E-state index contributed by atoms with van der Waals surface area (Å²) >= 11 is 0. The predicted molar refractivity (Wildman–Crippen MR) is 200 cm³/mol. The van der Waals surface area contributed by atoms with Crippen LogP contribution in [-0.4, -0.2) is 17.7 Å². The number of benzene rings is 7. The lowest BCUT2D eigenvalue weighted by molar-refractivity contribution is 1.07. The number of pyridine rings is 1. The van der Waals surface area contributed by atoms with Crippen LogP contribution in [0.15, 0.2) is 169 Å². The molecular weight excluding hydrogens is 571 g/mol. The van der Waals surface area contributed by atoms with Gasteiger partial charge in [0.25, 0.3) is 0 Å². The second-order valence-corrected chi connectivity index (χ2v) is 11.8. The van der Waals surface area contributed by atoms with E-state index in [9.17, 15) is 0 Å². The highest BCUT2D eigenvalue weighted by Crippen LogP contribution is 2.34. The summed E-state index contributed by atoms with van der Waals surface area (Å²) in [6, 6.07) is 53.8. The van der Waals surface area contributed by atoms with Crippen molar-refractivity contribution in [3.8, 4) is 11.3 Å². The van der Waals surface area contributed by atoms with Crippen LogP contribution in [0.4, 0.5) is 0 Å². The standard InChI is InChI=1S/C44H33N3/c1-45-43(40-26-32-12-2-4-14-34(32)36-16-6-8-18-38(36)40)28-44(47-29-30-21-23-31(24-22-30)42-20-10-11-25-46-42)41-27-33-13-3-5-15-35(33)37-17-7-9-19-39(37)41/h2-28,45H,29H2,1H3/b43-28-,47-44+. The van der Waals surface area contributed by atoms with Gasteiger partial charge in [-0.2, -0.15) is 0 Å². The first-order chi connectivity index (χ1) is 23.3. The summed E-state index contributed by atoms with van der Waals surface area (Å²) in [6.45, 7) is 0.547. The SMILES string of the molecule is CN/C(=C\C(=N/Cc1ccc(-c2ccccn2)cc1)c1cc2ccccc2c2ccccc12)c1cc2ccccc2c2ccccc12. The highest BCUT2D eigenvalue weighted by atomic mass is 14.8. The van der Waals surface area contributed by atoms with Gasteiger partial charge in [0, 0.05) is 35.6 Å². The van der Waals surface area contributed by atoms with Crippen molar-refractivity contribution in [3.63, 3.8) is 0 Å². The summed E-state index contributed by atoms with van der Waals surface area (Å²) in [5, 5.41) is 13.3. The Morgan fingerprint density at radius 3 is 1.70 bits per heavy atom. The van der Waals surface area contributed by atoms with Gasteiger partial charge in [-0.15, -0.1) is 0 Å². The molecule has 8 aromatic rings. The third-order valence-corrected chi connectivity index (χ3v) is 9.00. The fourth-order valence-electron chi connectivity index (χ4n) is 6.66. The summed E-state index contributed by atoms with van der Waals surface area (Å²) in [4.78, 5) is 9.88. The summed E-state index contributed by atoms with van der Waals surface area (Å²) in [7, 11) is 2.00. The molecule has 1 heterocycles. The molecule has 0 saturated heterocycles. The molecule has 0 aliphatic rings. The average molecular weight is 604 g/mol. The molecule has 0 spiro atoms. The van der Waals surface area contributed by atoms with Crippen LogP contribution >= 0.6 is 0 Å². The first kappa shape index (κ1) is 28.4. The van der Waals surface area contributed by atoms with Crippen molar-refractivity contribution in [2.75, 3.05) is 7.05 Å². The molecule has 8 rings (SSSR count). The number of nitrogens with one attached hydrogen (secondary N) is 1. The van der Waals surface area contributed by atoms with Gasteiger partial charge in [0.05, 0.1) is 18.0 Å². The zero-order valence-corrected chi connectivity index (χ0v) is 26.2. The maximum absolute atomic E-state index is 5.36. The van der Waals surface area contributed by atoms with Crippen molar-refractivity contribution < 1.29 is 0 Å². The third kappa shape index (κ3) is 5.43. The Labute approximate surface area is 274 Å². The van der Waals surface area contributed by atoms with E-state index >= 15 is 0 Å². The van der Waals surface area contributed by atoms with E-state index in [-0.39, 0.29) is 0 Å². The molecule has 47 heavy (non-hydrogen) atoms. The number of aromatic nitrogens is 1. The number of nitrogens with zero attached hydrogens (tertiary/aromatic N) is 2. The maximum Gasteiger partial charge on any atom is 0.0701 e. The van der Waals surface area contributed by atoms with Crippen LogP contribution < -0.4 is 5.32 Å². The van der Waals surface area contributed by atoms with E-state index in [1.54, 1.807) is 0 Å². The number of allylic oxidation sites excluding steroid dienone is 1. The summed E-state index contributed by atoms with van der Waals surface area (Å²) < 4.78 is 0. The van der Waals surface area contributed by atoms with Crippen LogP contribution in [0, 0.1) is 0 Å². The molecule has 0 saturated carbocycles. The second-order valence-electron chi connectivity index (χ2n) is 11.8. The summed E-state index contributed by atoms with van der Waals surface area (Å²) in [5.74, 6) is 0. The van der Waals surface area contributed by atoms with Crippen LogP contribution in [0.25, 0.3) is 60.0 Å². The van der Waals surface area contributed by atoms with Crippen LogP contribution in [0.5, 0.6) is 0 Å². The number of hydrogen-bond donors (Lipinski definition) is 1. The maximum atomic E-state index is 5.36. The largest absolute Gasteiger partial charge is 0.388 e. The van der Waals surface area contributed by atoms with Gasteiger partial charge in [0.2, 0.25) is 0 Å².